The van der Waals surface area contributed by atoms with Crippen LogP contribution in [0, 0.1) is 0 Å². The molecule has 1 atom stereocenters. The van der Waals surface area contributed by atoms with Crippen molar-refractivity contribution >= 4 is 22.7 Å². The number of carbonyl (C=O) groups excluding carboxylic acids is 2. The van der Waals surface area contributed by atoms with Gasteiger partial charge in [-0.1, -0.05) is 24.3 Å². The predicted octanol–water partition coefficient (Wildman–Crippen LogP) is 1.81. The van der Waals surface area contributed by atoms with Gasteiger partial charge in [-0.2, -0.15) is 5.10 Å². The second-order valence-corrected chi connectivity index (χ2v) is 6.83. The van der Waals surface area contributed by atoms with Gasteiger partial charge in [0.05, 0.1) is 17.6 Å². The Kier molecular flexibility index (Phi) is 4.82. The first kappa shape index (κ1) is 17.2. The van der Waals surface area contributed by atoms with Crippen LogP contribution in [0.15, 0.2) is 48.8 Å². The molecule has 3 aromatic rings. The van der Waals surface area contributed by atoms with E-state index < -0.39 is 0 Å². The smallest absolute Gasteiger partial charge is 0.228 e. The summed E-state index contributed by atoms with van der Waals surface area (Å²) >= 11 is 0. The molecule has 1 fully saturated rings. The minimum Gasteiger partial charge on any atom is -0.352 e. The summed E-state index contributed by atoms with van der Waals surface area (Å²) in [4.78, 5) is 30.5. The number of nitrogens with one attached hydrogen (secondary N) is 2. The lowest BCUT2D eigenvalue weighted by Gasteiger charge is -2.26. The lowest BCUT2D eigenvalue weighted by Crippen LogP contribution is -2.42. The highest BCUT2D eigenvalue weighted by Crippen LogP contribution is 2.18. The lowest BCUT2D eigenvalue weighted by molar-refractivity contribution is -0.131. The largest absolute Gasteiger partial charge is 0.352 e. The molecule has 3 heterocycles. The number of pyridine rings is 1. The predicted molar refractivity (Wildman–Crippen MR) is 101 cm³/mol. The molecule has 2 N–H and O–H groups in total. The number of aromatic nitrogens is 3. The number of aromatic amines is 1. The summed E-state index contributed by atoms with van der Waals surface area (Å²) in [6.45, 7) is 0.955. The van der Waals surface area contributed by atoms with Crippen LogP contribution in [0.2, 0.25) is 0 Å². The zero-order valence-electron chi connectivity index (χ0n) is 14.9. The highest BCUT2D eigenvalue weighted by atomic mass is 16.2. The van der Waals surface area contributed by atoms with Crippen molar-refractivity contribution in [1.29, 1.82) is 0 Å². The Morgan fingerprint density at radius 1 is 1.22 bits per heavy atom. The van der Waals surface area contributed by atoms with E-state index in [-0.39, 0.29) is 24.3 Å². The fraction of sp³-hybridized carbons (Fsp3) is 0.300. The van der Waals surface area contributed by atoms with Gasteiger partial charge >= 0.3 is 0 Å². The number of hydrogen-bond acceptors (Lipinski definition) is 4. The van der Waals surface area contributed by atoms with Crippen LogP contribution in [-0.2, 0) is 22.6 Å². The topological polar surface area (TPSA) is 91.0 Å². The molecule has 0 spiro atoms. The van der Waals surface area contributed by atoms with Gasteiger partial charge in [0.1, 0.15) is 0 Å². The van der Waals surface area contributed by atoms with Crippen LogP contribution >= 0.6 is 0 Å². The first-order valence-electron chi connectivity index (χ1n) is 9.07. The van der Waals surface area contributed by atoms with Crippen LogP contribution in [0.25, 0.3) is 10.9 Å². The van der Waals surface area contributed by atoms with Gasteiger partial charge in [0, 0.05) is 43.3 Å². The van der Waals surface area contributed by atoms with Crippen molar-refractivity contribution < 1.29 is 9.59 Å². The Bertz CT molecular complexity index is 953. The van der Waals surface area contributed by atoms with Gasteiger partial charge in [0.25, 0.3) is 0 Å². The van der Waals surface area contributed by atoms with Crippen LogP contribution in [0.1, 0.15) is 24.1 Å². The number of hydrogen-bond donors (Lipinski definition) is 2. The fourth-order valence-corrected chi connectivity index (χ4v) is 3.46. The number of H-pyrrole nitrogens is 1. The third-order valence-corrected chi connectivity index (χ3v) is 4.84. The van der Waals surface area contributed by atoms with Crippen molar-refractivity contribution in [3.05, 3.63) is 60.0 Å². The zero-order chi connectivity index (χ0) is 18.6. The summed E-state index contributed by atoms with van der Waals surface area (Å²) in [6, 6.07) is 11.5. The second kappa shape index (κ2) is 7.57. The molecule has 0 unspecified atom stereocenters. The molecule has 1 aromatic carbocycles. The maximum Gasteiger partial charge on any atom is 0.228 e. The van der Waals surface area contributed by atoms with Crippen molar-refractivity contribution in [3.8, 4) is 0 Å². The number of nitrogens with zero attached hydrogens (tertiary/aromatic N) is 3. The summed E-state index contributed by atoms with van der Waals surface area (Å²) in [5.74, 6) is 0.0442. The Morgan fingerprint density at radius 3 is 2.89 bits per heavy atom. The number of benzene rings is 1. The van der Waals surface area contributed by atoms with Crippen LogP contribution in [0.4, 0.5) is 0 Å². The summed E-state index contributed by atoms with van der Waals surface area (Å²) < 4.78 is 0. The molecule has 27 heavy (non-hydrogen) atoms. The van der Waals surface area contributed by atoms with Gasteiger partial charge in [0.2, 0.25) is 11.8 Å². The molecule has 4 rings (SSSR count). The van der Waals surface area contributed by atoms with Gasteiger partial charge in [0.15, 0.2) is 0 Å². The minimum atomic E-state index is -0.00518. The molecule has 1 saturated heterocycles. The number of rotatable bonds is 6. The summed E-state index contributed by atoms with van der Waals surface area (Å²) in [7, 11) is 0. The van der Waals surface area contributed by atoms with Crippen molar-refractivity contribution in [2.45, 2.75) is 31.8 Å². The molecule has 2 aromatic heterocycles. The number of para-hydroxylation sites is 1. The van der Waals surface area contributed by atoms with E-state index in [4.69, 9.17) is 0 Å². The van der Waals surface area contributed by atoms with Crippen LogP contribution in [0.5, 0.6) is 0 Å². The van der Waals surface area contributed by atoms with Gasteiger partial charge in [-0.05, 0) is 24.1 Å². The zero-order valence-corrected chi connectivity index (χ0v) is 14.9. The van der Waals surface area contributed by atoms with Crippen molar-refractivity contribution in [2.24, 2.45) is 0 Å². The van der Waals surface area contributed by atoms with Crippen LogP contribution in [0.3, 0.4) is 0 Å². The Balaban J connectivity index is 1.53. The second-order valence-electron chi connectivity index (χ2n) is 6.83. The monoisotopic (exact) mass is 363 g/mol. The normalized spacial score (nSPS) is 16.4. The standard InChI is InChI=1S/C20H21N5O2/c26-19-8-7-15(22-19)13-25(12-14-4-3-9-21-11-14)20(27)10-18-16-5-1-2-6-17(16)23-24-18/h1-6,9,11,15H,7-8,10,12-13H2,(H,22,26)(H,23,24)/t15-/m0/s1. The van der Waals surface area contributed by atoms with E-state index in [0.29, 0.717) is 19.5 Å². The molecule has 0 aliphatic carbocycles. The third kappa shape index (κ3) is 3.97. The molecule has 0 bridgehead atoms. The van der Waals surface area contributed by atoms with Gasteiger partial charge in [-0.15, -0.1) is 0 Å². The maximum absolute atomic E-state index is 13.1. The first-order valence-corrected chi connectivity index (χ1v) is 9.07. The molecule has 7 heteroatoms. The van der Waals surface area contributed by atoms with Gasteiger partial charge < -0.3 is 10.2 Å². The summed E-state index contributed by atoms with van der Waals surface area (Å²) in [5.41, 5.74) is 2.62. The Hall–Kier alpha value is -3.22. The van der Waals surface area contributed by atoms with Gasteiger partial charge in [-0.3, -0.25) is 19.7 Å². The highest BCUT2D eigenvalue weighted by molar-refractivity contribution is 5.87. The number of carbonyl (C=O) groups is 2. The third-order valence-electron chi connectivity index (χ3n) is 4.84. The average molecular weight is 363 g/mol. The maximum atomic E-state index is 13.1. The van der Waals surface area contributed by atoms with E-state index in [1.165, 1.54) is 0 Å². The van der Waals surface area contributed by atoms with E-state index in [0.717, 1.165) is 28.6 Å². The van der Waals surface area contributed by atoms with E-state index in [1.807, 2.05) is 36.4 Å². The molecule has 7 nitrogen and oxygen atoms in total. The fourth-order valence-electron chi connectivity index (χ4n) is 3.46. The molecular formula is C20H21N5O2. The molecule has 2 amide bonds. The Morgan fingerprint density at radius 2 is 2.11 bits per heavy atom. The summed E-state index contributed by atoms with van der Waals surface area (Å²) in [5, 5.41) is 11.2. The molecule has 0 saturated carbocycles. The van der Waals surface area contributed by atoms with Crippen molar-refractivity contribution in [3.63, 3.8) is 0 Å². The van der Waals surface area contributed by atoms with E-state index >= 15 is 0 Å². The highest BCUT2D eigenvalue weighted by Gasteiger charge is 2.26. The molecule has 138 valence electrons. The number of amides is 2. The quantitative estimate of drug-likeness (QED) is 0.699. The van der Waals surface area contributed by atoms with Crippen LogP contribution in [-0.4, -0.2) is 44.5 Å². The SMILES string of the molecule is O=C1CC[C@@H](CN(Cc2cccnc2)C(=O)Cc2[nH]nc3ccccc23)N1. The van der Waals surface area contributed by atoms with Crippen LogP contribution < -0.4 is 5.32 Å². The minimum absolute atomic E-state index is 0.00312. The van der Waals surface area contributed by atoms with E-state index in [2.05, 4.69) is 20.5 Å². The first-order chi connectivity index (χ1) is 13.2. The molecular weight excluding hydrogens is 342 g/mol. The van der Waals surface area contributed by atoms with Crippen molar-refractivity contribution in [1.82, 2.24) is 25.4 Å². The van der Waals surface area contributed by atoms with E-state index in [9.17, 15) is 9.59 Å². The van der Waals surface area contributed by atoms with Crippen molar-refractivity contribution in [2.75, 3.05) is 6.54 Å². The van der Waals surface area contributed by atoms with E-state index in [1.54, 1.807) is 17.3 Å². The molecule has 1 aliphatic rings. The molecule has 1 aliphatic heterocycles. The lowest BCUT2D eigenvalue weighted by atomic mass is 10.1. The number of fused-ring (bicyclic) bond motifs is 1. The molecule has 0 radical (unpaired) electrons. The van der Waals surface area contributed by atoms with Gasteiger partial charge in [-0.25, -0.2) is 0 Å². The Labute approximate surface area is 156 Å². The summed E-state index contributed by atoms with van der Waals surface area (Å²) in [6.07, 6.45) is 4.98. The average Bonchev–Trinajstić information content (AvgIpc) is 3.28.